The van der Waals surface area contributed by atoms with Crippen molar-refractivity contribution >= 4 is 33.4 Å². The van der Waals surface area contributed by atoms with Gasteiger partial charge in [-0.25, -0.2) is 8.42 Å². The molecule has 0 aromatic heterocycles. The third-order valence-electron chi connectivity index (χ3n) is 4.82. The van der Waals surface area contributed by atoms with Crippen LogP contribution in [0.3, 0.4) is 0 Å². The van der Waals surface area contributed by atoms with Crippen molar-refractivity contribution in [1.29, 1.82) is 0 Å². The summed E-state index contributed by atoms with van der Waals surface area (Å²) in [6.07, 6.45) is 3.27. The second kappa shape index (κ2) is 8.98. The number of ether oxygens (including phenoxy) is 1. The van der Waals surface area contributed by atoms with E-state index in [1.165, 1.54) is 23.5 Å². The molecule has 28 heavy (non-hydrogen) atoms. The minimum Gasteiger partial charge on any atom is -0.497 e. The average molecular weight is 421 g/mol. The number of benzene rings is 2. The average Bonchev–Trinajstić information content (AvgIpc) is 2.74. The van der Waals surface area contributed by atoms with Crippen LogP contribution in [0.4, 0.5) is 5.69 Å². The number of piperidine rings is 1. The summed E-state index contributed by atoms with van der Waals surface area (Å²) in [6.45, 7) is 0.598. The fourth-order valence-corrected chi connectivity index (χ4v) is 5.33. The molecule has 1 fully saturated rings. The van der Waals surface area contributed by atoms with Gasteiger partial charge in [0.1, 0.15) is 5.75 Å². The molecule has 0 radical (unpaired) electrons. The Labute approximate surface area is 170 Å². The Hall–Kier alpha value is -2.03. The van der Waals surface area contributed by atoms with Crippen LogP contribution in [0.5, 0.6) is 5.75 Å². The molecule has 1 N–H and O–H groups in total. The fraction of sp³-hybridized carbons (Fsp3) is 0.350. The zero-order chi connectivity index (χ0) is 20.1. The van der Waals surface area contributed by atoms with Crippen molar-refractivity contribution in [3.8, 4) is 5.75 Å². The summed E-state index contributed by atoms with van der Waals surface area (Å²) in [6, 6.07) is 13.9. The molecule has 0 saturated carbocycles. The van der Waals surface area contributed by atoms with Gasteiger partial charge in [-0.3, -0.25) is 4.79 Å². The van der Waals surface area contributed by atoms with Gasteiger partial charge in [-0.1, -0.05) is 12.1 Å². The minimum absolute atomic E-state index is 0.142. The largest absolute Gasteiger partial charge is 0.497 e. The lowest BCUT2D eigenvalue weighted by atomic mass is 9.99. The van der Waals surface area contributed by atoms with Crippen molar-refractivity contribution in [3.05, 3.63) is 48.5 Å². The molecule has 1 saturated heterocycles. The third-order valence-corrected chi connectivity index (χ3v) is 7.49. The number of carbonyl (C=O) groups is 1. The van der Waals surface area contributed by atoms with E-state index < -0.39 is 10.0 Å². The van der Waals surface area contributed by atoms with Crippen LogP contribution in [0.15, 0.2) is 58.3 Å². The zero-order valence-corrected chi connectivity index (χ0v) is 17.6. The monoisotopic (exact) mass is 420 g/mol. The highest BCUT2D eigenvalue weighted by Gasteiger charge is 2.33. The first kappa shape index (κ1) is 20.7. The maximum atomic E-state index is 13.0. The quantitative estimate of drug-likeness (QED) is 0.725. The van der Waals surface area contributed by atoms with Gasteiger partial charge in [-0.2, -0.15) is 4.31 Å². The fourth-order valence-electron chi connectivity index (χ4n) is 3.25. The molecule has 0 unspecified atom stereocenters. The van der Waals surface area contributed by atoms with E-state index in [0.29, 0.717) is 25.1 Å². The molecule has 6 nitrogen and oxygen atoms in total. The number of hydrogen-bond donors (Lipinski definition) is 1. The number of amides is 1. The van der Waals surface area contributed by atoms with Crippen LogP contribution < -0.4 is 10.1 Å². The van der Waals surface area contributed by atoms with E-state index in [0.717, 1.165) is 10.6 Å². The smallest absolute Gasteiger partial charge is 0.243 e. The Kier molecular flexibility index (Phi) is 6.64. The van der Waals surface area contributed by atoms with Gasteiger partial charge < -0.3 is 10.1 Å². The van der Waals surface area contributed by atoms with Gasteiger partial charge in [0.05, 0.1) is 23.6 Å². The molecular formula is C20H24N2O4S2. The van der Waals surface area contributed by atoms with Crippen molar-refractivity contribution in [3.63, 3.8) is 0 Å². The van der Waals surface area contributed by atoms with E-state index in [9.17, 15) is 13.2 Å². The van der Waals surface area contributed by atoms with Crippen LogP contribution in [0.1, 0.15) is 12.8 Å². The summed E-state index contributed by atoms with van der Waals surface area (Å²) in [4.78, 5) is 14.0. The molecule has 1 aliphatic rings. The topological polar surface area (TPSA) is 75.7 Å². The lowest BCUT2D eigenvalue weighted by molar-refractivity contribution is -0.120. The van der Waals surface area contributed by atoms with Crippen LogP contribution in [0, 0.1) is 5.92 Å². The number of thioether (sulfide) groups is 1. The van der Waals surface area contributed by atoms with E-state index in [4.69, 9.17) is 4.74 Å². The van der Waals surface area contributed by atoms with Crippen molar-refractivity contribution < 1.29 is 17.9 Å². The lowest BCUT2D eigenvalue weighted by Gasteiger charge is -2.31. The molecular weight excluding hydrogens is 396 g/mol. The van der Waals surface area contributed by atoms with E-state index in [-0.39, 0.29) is 23.3 Å². The van der Waals surface area contributed by atoms with Gasteiger partial charge in [-0.15, -0.1) is 11.8 Å². The molecule has 2 aromatic rings. The Balaban J connectivity index is 1.73. The first-order valence-electron chi connectivity index (χ1n) is 9.04. The number of rotatable bonds is 6. The number of sulfonamides is 1. The maximum absolute atomic E-state index is 13.0. The normalized spacial score (nSPS) is 17.9. The number of para-hydroxylation sites is 1. The van der Waals surface area contributed by atoms with E-state index in [1.54, 1.807) is 23.9 Å². The highest BCUT2D eigenvalue weighted by atomic mass is 32.2. The summed E-state index contributed by atoms with van der Waals surface area (Å²) in [7, 11) is -2.11. The summed E-state index contributed by atoms with van der Waals surface area (Å²) in [5.41, 5.74) is 0.759. The second-order valence-corrected chi connectivity index (χ2v) is 9.35. The Morgan fingerprint density at radius 1 is 1.18 bits per heavy atom. The molecule has 0 bridgehead atoms. The first-order chi connectivity index (χ1) is 13.5. The van der Waals surface area contributed by atoms with Gasteiger partial charge in [0.15, 0.2) is 0 Å². The number of nitrogens with zero attached hydrogens (tertiary/aromatic N) is 1. The van der Waals surface area contributed by atoms with Crippen LogP contribution in [0.25, 0.3) is 0 Å². The summed E-state index contributed by atoms with van der Waals surface area (Å²) >= 11 is 1.56. The first-order valence-corrected chi connectivity index (χ1v) is 11.7. The highest BCUT2D eigenvalue weighted by Crippen LogP contribution is 2.28. The molecule has 0 aliphatic carbocycles. The van der Waals surface area contributed by atoms with Crippen molar-refractivity contribution in [1.82, 2.24) is 4.31 Å². The van der Waals surface area contributed by atoms with E-state index in [2.05, 4.69) is 5.32 Å². The molecule has 1 amide bonds. The number of carbonyl (C=O) groups excluding carboxylic acids is 1. The van der Waals surface area contributed by atoms with Gasteiger partial charge in [-0.05, 0) is 55.5 Å². The molecule has 8 heteroatoms. The van der Waals surface area contributed by atoms with Gasteiger partial charge in [0.2, 0.25) is 15.9 Å². The molecule has 1 heterocycles. The zero-order valence-electron chi connectivity index (χ0n) is 15.9. The molecule has 150 valence electrons. The Morgan fingerprint density at radius 3 is 2.57 bits per heavy atom. The van der Waals surface area contributed by atoms with Crippen LogP contribution >= 0.6 is 11.8 Å². The van der Waals surface area contributed by atoms with Crippen LogP contribution in [-0.2, 0) is 14.8 Å². The molecule has 1 atom stereocenters. The number of nitrogens with one attached hydrogen (secondary N) is 1. The van der Waals surface area contributed by atoms with Gasteiger partial charge >= 0.3 is 0 Å². The number of anilines is 1. The van der Waals surface area contributed by atoms with Gasteiger partial charge in [0, 0.05) is 18.0 Å². The minimum atomic E-state index is -3.65. The summed E-state index contributed by atoms with van der Waals surface area (Å²) < 4.78 is 32.4. The predicted molar refractivity (Wildman–Crippen MR) is 111 cm³/mol. The molecule has 3 rings (SSSR count). The Bertz CT molecular complexity index is 929. The molecule has 0 spiro atoms. The third kappa shape index (κ3) is 4.51. The SMILES string of the molecule is COc1ccc(S(=O)(=O)N2CCC[C@H](C(=O)Nc3ccccc3SC)C2)cc1. The molecule has 1 aliphatic heterocycles. The molecule has 2 aromatic carbocycles. The van der Waals surface area contributed by atoms with Crippen molar-refractivity contribution in [2.45, 2.75) is 22.6 Å². The summed E-state index contributed by atoms with van der Waals surface area (Å²) in [5.74, 6) is 0.0788. The standard InChI is InChI=1S/C20H24N2O4S2/c1-26-16-9-11-17(12-10-16)28(24,25)22-13-5-6-15(14-22)20(23)21-18-7-3-4-8-19(18)27-2/h3-4,7-12,15H,5-6,13-14H2,1-2H3,(H,21,23)/t15-/m0/s1. The van der Waals surface area contributed by atoms with Crippen LogP contribution in [0.2, 0.25) is 0 Å². The summed E-state index contributed by atoms with van der Waals surface area (Å²) in [5, 5.41) is 2.96. The van der Waals surface area contributed by atoms with E-state index in [1.807, 2.05) is 30.5 Å². The number of hydrogen-bond acceptors (Lipinski definition) is 5. The van der Waals surface area contributed by atoms with Crippen LogP contribution in [-0.4, -0.2) is 45.1 Å². The highest BCUT2D eigenvalue weighted by molar-refractivity contribution is 7.98. The van der Waals surface area contributed by atoms with E-state index >= 15 is 0 Å². The number of methoxy groups -OCH3 is 1. The Morgan fingerprint density at radius 2 is 1.89 bits per heavy atom. The maximum Gasteiger partial charge on any atom is 0.243 e. The van der Waals surface area contributed by atoms with Crippen molar-refractivity contribution in [2.75, 3.05) is 31.8 Å². The van der Waals surface area contributed by atoms with Crippen molar-refractivity contribution in [2.24, 2.45) is 5.92 Å². The lowest BCUT2D eigenvalue weighted by Crippen LogP contribution is -2.43. The second-order valence-electron chi connectivity index (χ2n) is 6.57. The van der Waals surface area contributed by atoms with Gasteiger partial charge in [0.25, 0.3) is 0 Å². The predicted octanol–water partition coefficient (Wildman–Crippen LogP) is 3.46.